The normalized spacial score (nSPS) is 31.2. The molecule has 30 heavy (non-hydrogen) atoms. The molecule has 20 heteroatoms. The van der Waals surface area contributed by atoms with Crippen LogP contribution in [0.4, 0.5) is 4.39 Å². The number of nitrogens with one attached hydrogen (secondary N) is 1. The van der Waals surface area contributed by atoms with Gasteiger partial charge in [-0.2, -0.15) is 8.62 Å². The van der Waals surface area contributed by atoms with Gasteiger partial charge in [-0.1, -0.05) is 0 Å². The van der Waals surface area contributed by atoms with Gasteiger partial charge in [0, 0.05) is 12.3 Å². The van der Waals surface area contributed by atoms with Crippen molar-refractivity contribution in [3.05, 3.63) is 33.1 Å². The van der Waals surface area contributed by atoms with Gasteiger partial charge in [-0.05, 0) is 6.92 Å². The van der Waals surface area contributed by atoms with Gasteiger partial charge in [-0.15, -0.1) is 0 Å². The summed E-state index contributed by atoms with van der Waals surface area (Å²) in [5, 5.41) is 10.1. The van der Waals surface area contributed by atoms with Gasteiger partial charge < -0.3 is 29.4 Å². The fourth-order valence-electron chi connectivity index (χ4n) is 2.43. The van der Waals surface area contributed by atoms with Crippen molar-refractivity contribution in [2.24, 2.45) is 0 Å². The zero-order valence-electron chi connectivity index (χ0n) is 14.7. The quantitative estimate of drug-likeness (QED) is 0.231. The molecule has 5 unspecified atom stereocenters. The van der Waals surface area contributed by atoms with E-state index in [1.54, 1.807) is 0 Å². The van der Waals surface area contributed by atoms with Crippen LogP contribution in [0.15, 0.2) is 21.9 Å². The number of nitrogens with zero attached hydrogens (tertiary/aromatic N) is 1. The second-order valence-electron chi connectivity index (χ2n) is 6.03. The molecule has 16 nitrogen and oxygen atoms in total. The molecular weight excluding hydrogens is 484 g/mol. The first kappa shape index (κ1) is 25.2. The van der Waals surface area contributed by atoms with Crippen LogP contribution in [0.5, 0.6) is 0 Å². The first-order valence-electron chi connectivity index (χ1n) is 7.56. The molecule has 0 saturated carbocycles. The van der Waals surface area contributed by atoms with Crippen LogP contribution in [0.25, 0.3) is 0 Å². The highest BCUT2D eigenvalue weighted by Gasteiger charge is 2.56. The Kier molecular flexibility index (Phi) is 7.11. The lowest BCUT2D eigenvalue weighted by molar-refractivity contribution is -0.0604. The minimum atomic E-state index is -5.77. The van der Waals surface area contributed by atoms with E-state index in [1.165, 1.54) is 0 Å². The molecule has 1 saturated heterocycles. The molecule has 2 heterocycles. The average molecular weight is 500 g/mol. The van der Waals surface area contributed by atoms with Crippen LogP contribution in [0.1, 0.15) is 13.2 Å². The van der Waals surface area contributed by atoms with E-state index in [1.807, 2.05) is 4.98 Å². The lowest BCUT2D eigenvalue weighted by Gasteiger charge is -2.24. The van der Waals surface area contributed by atoms with Gasteiger partial charge >= 0.3 is 29.2 Å². The van der Waals surface area contributed by atoms with Gasteiger partial charge in [0.25, 0.3) is 5.56 Å². The van der Waals surface area contributed by atoms with E-state index < -0.39 is 65.4 Å². The second-order valence-corrected chi connectivity index (χ2v) is 10.4. The molecule has 0 radical (unpaired) electrons. The molecule has 2 rings (SSSR count). The largest absolute Gasteiger partial charge is 0.490 e. The predicted molar refractivity (Wildman–Crippen MR) is 90.6 cm³/mol. The molecule has 1 aromatic rings. The van der Waals surface area contributed by atoms with Gasteiger partial charge in [-0.25, -0.2) is 22.9 Å². The molecule has 1 aromatic heterocycles. The number of alkyl halides is 1. The average Bonchev–Trinajstić information content (AvgIpc) is 2.73. The van der Waals surface area contributed by atoms with Gasteiger partial charge in [0.15, 0.2) is 11.9 Å². The Morgan fingerprint density at radius 1 is 1.20 bits per heavy atom. The van der Waals surface area contributed by atoms with Crippen molar-refractivity contribution in [2.45, 2.75) is 31.0 Å². The fraction of sp³-hybridized carbons (Fsp3) is 0.600. The molecule has 0 bridgehead atoms. The molecule has 6 atom stereocenters. The van der Waals surface area contributed by atoms with E-state index in [9.17, 15) is 37.7 Å². The minimum absolute atomic E-state index is 0.593. The van der Waals surface area contributed by atoms with E-state index in [4.69, 9.17) is 19.4 Å². The van der Waals surface area contributed by atoms with E-state index in [2.05, 4.69) is 13.1 Å². The second kappa shape index (κ2) is 8.47. The zero-order valence-corrected chi connectivity index (χ0v) is 17.4. The van der Waals surface area contributed by atoms with E-state index in [-0.39, 0.29) is 0 Å². The highest BCUT2D eigenvalue weighted by molar-refractivity contribution is 7.66. The van der Waals surface area contributed by atoms with Crippen LogP contribution in [0, 0.1) is 0 Å². The SMILES string of the molecule is C[C@]1(F)C(O)C(COP(=O)(O)OP(=O)(O)OP(=O)(O)O)OC1n1ccc(=O)[nH]c1=O. The molecule has 0 amide bonds. The molecular formula is C10H16FN2O14P3. The van der Waals surface area contributed by atoms with Crippen LogP contribution in [0.2, 0.25) is 0 Å². The number of aromatic amines is 1. The number of hydrogen-bond acceptors (Lipinski definition) is 10. The Morgan fingerprint density at radius 3 is 2.33 bits per heavy atom. The van der Waals surface area contributed by atoms with Crippen molar-refractivity contribution in [1.29, 1.82) is 0 Å². The first-order valence-corrected chi connectivity index (χ1v) is 12.1. The number of phosphoric ester groups is 1. The number of aliphatic hydroxyl groups is 1. The summed E-state index contributed by atoms with van der Waals surface area (Å²) in [6, 6.07) is 0.868. The summed E-state index contributed by atoms with van der Waals surface area (Å²) in [6.45, 7) is -0.316. The molecule has 1 fully saturated rings. The number of aromatic nitrogens is 2. The number of rotatable bonds is 8. The molecule has 6 N–H and O–H groups in total. The maximum absolute atomic E-state index is 14.9. The summed E-state index contributed by atoms with van der Waals surface area (Å²) in [7, 11) is -16.9. The minimum Gasteiger partial charge on any atom is -0.387 e. The Balaban J connectivity index is 2.13. The number of hydrogen-bond donors (Lipinski definition) is 6. The van der Waals surface area contributed by atoms with Crippen molar-refractivity contribution in [1.82, 2.24) is 9.55 Å². The zero-order chi connectivity index (χ0) is 23.1. The van der Waals surface area contributed by atoms with Crippen molar-refractivity contribution >= 4 is 23.5 Å². The number of ether oxygens (including phenoxy) is 1. The van der Waals surface area contributed by atoms with E-state index in [0.29, 0.717) is 4.57 Å². The standard InChI is InChI=1S/C10H16FN2O14P3/c1-10(11)7(15)5(25-8(10)13-3-2-6(14)12-9(13)16)4-24-29(20,21)27-30(22,23)26-28(17,18)19/h2-3,5,7-8,15H,4H2,1H3,(H,20,21)(H,22,23)(H,12,14,16)(H2,17,18,19)/t5?,7?,8?,10-/m0/s1. The maximum Gasteiger partial charge on any atom is 0.490 e. The lowest BCUT2D eigenvalue weighted by atomic mass is 9.98. The number of aliphatic hydroxyl groups excluding tert-OH is 1. The van der Waals surface area contributed by atoms with Crippen LogP contribution < -0.4 is 11.2 Å². The summed E-state index contributed by atoms with van der Waals surface area (Å²) in [5.74, 6) is 0. The monoisotopic (exact) mass is 500 g/mol. The third kappa shape index (κ3) is 6.23. The van der Waals surface area contributed by atoms with Crippen LogP contribution in [-0.2, 0) is 31.6 Å². The predicted octanol–water partition coefficient (Wildman–Crippen LogP) is -1.13. The molecule has 1 aliphatic rings. The number of phosphoric acid groups is 3. The van der Waals surface area contributed by atoms with Crippen molar-refractivity contribution in [3.63, 3.8) is 0 Å². The van der Waals surface area contributed by atoms with Gasteiger partial charge in [0.05, 0.1) is 6.61 Å². The highest BCUT2D eigenvalue weighted by atomic mass is 31.3. The van der Waals surface area contributed by atoms with Crippen molar-refractivity contribution < 1.29 is 60.6 Å². The molecule has 1 aliphatic heterocycles. The first-order chi connectivity index (χ1) is 13.4. The van der Waals surface area contributed by atoms with Crippen LogP contribution >= 0.6 is 23.5 Å². The van der Waals surface area contributed by atoms with E-state index >= 15 is 0 Å². The van der Waals surface area contributed by atoms with Crippen molar-refractivity contribution in [3.8, 4) is 0 Å². The molecule has 0 spiro atoms. The van der Waals surface area contributed by atoms with Gasteiger partial charge in [0.1, 0.15) is 12.2 Å². The Morgan fingerprint density at radius 2 is 1.80 bits per heavy atom. The Bertz CT molecular complexity index is 1050. The van der Waals surface area contributed by atoms with E-state index in [0.717, 1.165) is 19.2 Å². The summed E-state index contributed by atoms with van der Waals surface area (Å²) in [4.78, 5) is 60.1. The summed E-state index contributed by atoms with van der Waals surface area (Å²) in [6.07, 6.45) is -4.73. The molecule has 0 aromatic carbocycles. The number of halogens is 1. The molecule has 172 valence electrons. The number of H-pyrrole nitrogens is 1. The topological polar surface area (TPSA) is 244 Å². The third-order valence-corrected chi connectivity index (χ3v) is 7.44. The van der Waals surface area contributed by atoms with Crippen molar-refractivity contribution in [2.75, 3.05) is 6.61 Å². The smallest absolute Gasteiger partial charge is 0.387 e. The summed E-state index contributed by atoms with van der Waals surface area (Å²) >= 11 is 0. The van der Waals surface area contributed by atoms with Crippen LogP contribution in [0.3, 0.4) is 0 Å². The maximum atomic E-state index is 14.9. The third-order valence-electron chi connectivity index (χ3n) is 3.64. The van der Waals surface area contributed by atoms with Gasteiger partial charge in [0.2, 0.25) is 0 Å². The summed E-state index contributed by atoms with van der Waals surface area (Å²) < 4.78 is 65.4. The summed E-state index contributed by atoms with van der Waals surface area (Å²) in [5.41, 5.74) is -4.55. The Labute approximate surface area is 165 Å². The van der Waals surface area contributed by atoms with Gasteiger partial charge in [-0.3, -0.25) is 18.9 Å². The highest BCUT2D eigenvalue weighted by Crippen LogP contribution is 2.66. The fourth-order valence-corrected chi connectivity index (χ4v) is 5.46. The molecule has 0 aliphatic carbocycles. The lowest BCUT2D eigenvalue weighted by Crippen LogP contribution is -2.43. The Hall–Kier alpha value is -1.06. The van der Waals surface area contributed by atoms with Crippen LogP contribution in [-0.4, -0.2) is 58.7 Å².